The quantitative estimate of drug-likeness (QED) is 0.404. The summed E-state index contributed by atoms with van der Waals surface area (Å²) in [6.07, 6.45) is -4.19. The fourth-order valence-corrected chi connectivity index (χ4v) is 4.00. The van der Waals surface area contributed by atoms with Gasteiger partial charge in [0.15, 0.2) is 5.78 Å². The molecule has 37 heavy (non-hydrogen) atoms. The smallest absolute Gasteiger partial charge is 0.416 e. The first-order chi connectivity index (χ1) is 17.6. The third kappa shape index (κ3) is 6.50. The monoisotopic (exact) mass is 519 g/mol. The number of fused-ring (bicyclic) bond motifs is 1. The molecule has 1 fully saturated rings. The van der Waals surface area contributed by atoms with E-state index in [-0.39, 0.29) is 30.3 Å². The van der Waals surface area contributed by atoms with Gasteiger partial charge in [-0.3, -0.25) is 14.4 Å². The number of aryl methyl sites for hydroxylation is 1. The van der Waals surface area contributed by atoms with Gasteiger partial charge in [0.05, 0.1) is 30.1 Å². The van der Waals surface area contributed by atoms with Crippen LogP contribution in [0.2, 0.25) is 0 Å². The van der Waals surface area contributed by atoms with Crippen LogP contribution in [-0.2, 0) is 22.3 Å². The van der Waals surface area contributed by atoms with Crippen LogP contribution in [0.5, 0.6) is 5.75 Å². The summed E-state index contributed by atoms with van der Waals surface area (Å²) in [5.74, 6) is -1.88. The number of ketones is 1. The van der Waals surface area contributed by atoms with Crippen molar-refractivity contribution in [1.29, 1.82) is 0 Å². The van der Waals surface area contributed by atoms with Crippen LogP contribution in [0.25, 0.3) is 10.9 Å². The van der Waals surface area contributed by atoms with E-state index in [1.54, 1.807) is 24.3 Å². The number of carboxylic acids is 1. The van der Waals surface area contributed by atoms with E-state index in [4.69, 9.17) is 9.47 Å². The lowest BCUT2D eigenvalue weighted by atomic mass is 9.95. The van der Waals surface area contributed by atoms with E-state index < -0.39 is 35.0 Å². The minimum absolute atomic E-state index is 0.0109. The van der Waals surface area contributed by atoms with E-state index in [0.717, 1.165) is 23.2 Å². The fraction of sp³-hybridized carbons (Fsp3) is 0.400. The summed E-state index contributed by atoms with van der Waals surface area (Å²) < 4.78 is 50.9. The molecule has 2 unspecified atom stereocenters. The topological polar surface area (TPSA) is 121 Å². The molecular weight excluding hydrogens is 495 g/mol. The van der Waals surface area contributed by atoms with Gasteiger partial charge in [-0.05, 0) is 55.3 Å². The first-order valence-corrected chi connectivity index (χ1v) is 11.6. The molecule has 12 heteroatoms. The molecule has 9 nitrogen and oxygen atoms in total. The maximum Gasteiger partial charge on any atom is 0.416 e. The number of nitrogens with zero attached hydrogens (tertiary/aromatic N) is 3. The first-order valence-electron chi connectivity index (χ1n) is 11.6. The molecule has 2 atom stereocenters. The van der Waals surface area contributed by atoms with Crippen molar-refractivity contribution in [2.45, 2.75) is 32.0 Å². The molecule has 0 aliphatic carbocycles. The van der Waals surface area contributed by atoms with Crippen molar-refractivity contribution in [2.75, 3.05) is 19.8 Å². The van der Waals surface area contributed by atoms with Crippen LogP contribution in [0.4, 0.5) is 13.2 Å². The second kappa shape index (κ2) is 11.1. The second-order valence-electron chi connectivity index (χ2n) is 8.86. The average Bonchev–Trinajstić information content (AvgIpc) is 3.39. The molecule has 196 valence electrons. The first kappa shape index (κ1) is 26.3. The molecule has 4 rings (SSSR count). The maximum atomic E-state index is 13.0. The fourth-order valence-electron chi connectivity index (χ4n) is 4.00. The van der Waals surface area contributed by atoms with Gasteiger partial charge in [-0.15, -0.1) is 5.10 Å². The van der Waals surface area contributed by atoms with Crippen molar-refractivity contribution in [2.24, 2.45) is 11.8 Å². The van der Waals surface area contributed by atoms with Crippen LogP contribution < -0.4 is 10.3 Å². The van der Waals surface area contributed by atoms with Gasteiger partial charge in [0.1, 0.15) is 11.3 Å². The minimum atomic E-state index is -4.64. The third-order valence-corrected chi connectivity index (χ3v) is 6.21. The van der Waals surface area contributed by atoms with Gasteiger partial charge in [0.25, 0.3) is 5.56 Å². The van der Waals surface area contributed by atoms with Gasteiger partial charge in [0, 0.05) is 31.1 Å². The van der Waals surface area contributed by atoms with E-state index >= 15 is 0 Å². The van der Waals surface area contributed by atoms with Gasteiger partial charge < -0.3 is 14.6 Å². The van der Waals surface area contributed by atoms with Crippen molar-refractivity contribution in [3.8, 4) is 5.75 Å². The highest BCUT2D eigenvalue weighted by atomic mass is 19.4. The molecule has 1 aromatic heterocycles. The molecule has 3 aromatic rings. The number of ether oxygens (including phenoxy) is 2. The molecule has 2 heterocycles. The minimum Gasteiger partial charge on any atom is -0.493 e. The van der Waals surface area contributed by atoms with Crippen LogP contribution in [-0.4, -0.2) is 51.7 Å². The number of carbonyl (C=O) groups excluding carboxylic acids is 1. The number of hydrogen-bond donors (Lipinski definition) is 1. The molecule has 1 saturated heterocycles. The Morgan fingerprint density at radius 3 is 2.59 bits per heavy atom. The maximum absolute atomic E-state index is 13.0. The number of aliphatic carboxylic acids is 1. The molecule has 1 aliphatic heterocycles. The number of rotatable bonds is 10. The number of alkyl halides is 3. The third-order valence-electron chi connectivity index (χ3n) is 6.21. The molecular formula is C25H24F3N3O6. The predicted molar refractivity (Wildman–Crippen MR) is 124 cm³/mol. The molecule has 0 spiro atoms. The largest absolute Gasteiger partial charge is 0.493 e. The lowest BCUT2D eigenvalue weighted by molar-refractivity contribution is -0.142. The van der Waals surface area contributed by atoms with Crippen molar-refractivity contribution in [3.05, 3.63) is 63.9 Å². The van der Waals surface area contributed by atoms with Gasteiger partial charge in [-0.2, -0.15) is 13.2 Å². The standard InChI is InChI=1S/C25H24F3N3O6/c26-25(27,28)18-3-6-21-20(12-18)23(33)31(30-29-21)9-7-17(24(34)35)11-22(32)16-1-4-19(5-2-16)37-14-15-8-10-36-13-15/h1-6,12,15,17H,7-11,13-14H2,(H,34,35). The number of halogens is 3. The zero-order chi connectivity index (χ0) is 26.6. The number of benzene rings is 2. The van der Waals surface area contributed by atoms with Crippen molar-refractivity contribution in [1.82, 2.24) is 15.0 Å². The average molecular weight is 519 g/mol. The van der Waals surface area contributed by atoms with E-state index in [1.165, 1.54) is 0 Å². The zero-order valence-corrected chi connectivity index (χ0v) is 19.6. The van der Waals surface area contributed by atoms with Gasteiger partial charge in [-0.1, -0.05) is 5.21 Å². The molecule has 0 bridgehead atoms. The number of Topliss-reactive ketones (excluding diaryl/α,β-unsaturated/α-hetero) is 1. The van der Waals surface area contributed by atoms with Gasteiger partial charge in [0.2, 0.25) is 0 Å². The van der Waals surface area contributed by atoms with Crippen LogP contribution in [0.3, 0.4) is 0 Å². The van der Waals surface area contributed by atoms with Crippen molar-refractivity contribution >= 4 is 22.7 Å². The van der Waals surface area contributed by atoms with Crippen LogP contribution in [0, 0.1) is 11.8 Å². The molecule has 1 aliphatic rings. The number of carboxylic acid groups (broad SMARTS) is 1. The van der Waals surface area contributed by atoms with Gasteiger partial charge >= 0.3 is 12.1 Å². The Kier molecular flexibility index (Phi) is 7.86. The van der Waals surface area contributed by atoms with E-state index in [9.17, 15) is 32.7 Å². The molecule has 0 amide bonds. The highest BCUT2D eigenvalue weighted by Crippen LogP contribution is 2.30. The lowest BCUT2D eigenvalue weighted by Crippen LogP contribution is -2.27. The SMILES string of the molecule is O=C(CC(CCn1nnc2ccc(C(F)(F)F)cc2c1=O)C(=O)O)c1ccc(OCC2CCOC2)cc1. The Morgan fingerprint density at radius 1 is 1.19 bits per heavy atom. The van der Waals surface area contributed by atoms with E-state index in [1.807, 2.05) is 0 Å². The Bertz CT molecular complexity index is 1330. The summed E-state index contributed by atoms with van der Waals surface area (Å²) in [5, 5.41) is 16.8. The highest BCUT2D eigenvalue weighted by Gasteiger charge is 2.31. The Hall–Kier alpha value is -3.80. The van der Waals surface area contributed by atoms with E-state index in [2.05, 4.69) is 10.3 Å². The summed E-state index contributed by atoms with van der Waals surface area (Å²) in [4.78, 5) is 37.1. The second-order valence-corrected chi connectivity index (χ2v) is 8.86. The predicted octanol–water partition coefficient (Wildman–Crippen LogP) is 3.59. The highest BCUT2D eigenvalue weighted by molar-refractivity contribution is 5.98. The normalized spacial score (nSPS) is 16.6. The van der Waals surface area contributed by atoms with E-state index in [0.29, 0.717) is 43.1 Å². The number of carbonyl (C=O) groups is 2. The molecule has 2 aromatic carbocycles. The molecule has 0 radical (unpaired) electrons. The Morgan fingerprint density at radius 2 is 1.95 bits per heavy atom. The summed E-state index contributed by atoms with van der Waals surface area (Å²) >= 11 is 0. The summed E-state index contributed by atoms with van der Waals surface area (Å²) in [7, 11) is 0. The lowest BCUT2D eigenvalue weighted by Gasteiger charge is -2.13. The van der Waals surface area contributed by atoms with Crippen LogP contribution in [0.15, 0.2) is 47.3 Å². The van der Waals surface area contributed by atoms with Crippen LogP contribution in [0.1, 0.15) is 35.2 Å². The van der Waals surface area contributed by atoms with Gasteiger partial charge in [-0.25, -0.2) is 4.68 Å². The molecule has 0 saturated carbocycles. The summed E-state index contributed by atoms with van der Waals surface area (Å²) in [5.41, 5.74) is -1.53. The number of hydrogen-bond acceptors (Lipinski definition) is 7. The van der Waals surface area contributed by atoms with Crippen molar-refractivity contribution in [3.63, 3.8) is 0 Å². The van der Waals surface area contributed by atoms with Crippen molar-refractivity contribution < 1.29 is 37.3 Å². The Labute approximate surface area is 208 Å². The Balaban J connectivity index is 1.40. The number of aromatic nitrogens is 3. The molecule has 1 N–H and O–H groups in total. The summed E-state index contributed by atoms with van der Waals surface area (Å²) in [6.45, 7) is 1.63. The van der Waals surface area contributed by atoms with Crippen LogP contribution >= 0.6 is 0 Å². The summed E-state index contributed by atoms with van der Waals surface area (Å²) in [6, 6.07) is 8.93. The zero-order valence-electron chi connectivity index (χ0n) is 19.6.